The third-order valence-corrected chi connectivity index (χ3v) is 3.90. The first kappa shape index (κ1) is 9.38. The number of nitrogens with zero attached hydrogens (tertiary/aromatic N) is 2. The van der Waals surface area contributed by atoms with Gasteiger partial charge in [-0.15, -0.1) is 0 Å². The summed E-state index contributed by atoms with van der Waals surface area (Å²) in [5, 5.41) is 0. The summed E-state index contributed by atoms with van der Waals surface area (Å²) in [5.74, 6) is 0.567. The standard InChI is InChI=1S/C21H18N2O/c1-13-10-19(22-12-14(13)2)17-7-4-6-16(11-17)18-8-5-9-20-21(18)23-15(3)24-20/h4-12H,1-3H3/i1D3,2D3. The van der Waals surface area contributed by atoms with Crippen LogP contribution in [0.4, 0.5) is 0 Å². The number of fused-ring (bicyclic) bond motifs is 1. The maximum atomic E-state index is 7.76. The first-order valence-corrected chi connectivity index (χ1v) is 7.52. The highest BCUT2D eigenvalue weighted by Gasteiger charge is 2.10. The Labute approximate surface area is 149 Å². The SMILES string of the molecule is [2H]C([2H])([2H])c1cnc(-c2cccc(-c3cccc4oc(C)nc34)c2)cc1C([2H])([2H])[2H]. The predicted octanol–water partition coefficient (Wildman–Crippen LogP) is 5.48. The van der Waals surface area contributed by atoms with E-state index in [-0.39, 0.29) is 11.1 Å². The van der Waals surface area contributed by atoms with Gasteiger partial charge in [0.2, 0.25) is 0 Å². The van der Waals surface area contributed by atoms with Crippen molar-refractivity contribution in [1.29, 1.82) is 0 Å². The molecule has 0 unspecified atom stereocenters. The van der Waals surface area contributed by atoms with Crippen LogP contribution < -0.4 is 0 Å². The quantitative estimate of drug-likeness (QED) is 0.491. The average Bonchev–Trinajstić information content (AvgIpc) is 3.06. The number of hydrogen-bond donors (Lipinski definition) is 0. The molecule has 3 heteroatoms. The minimum Gasteiger partial charge on any atom is -0.441 e. The van der Waals surface area contributed by atoms with E-state index in [1.165, 1.54) is 6.07 Å². The van der Waals surface area contributed by atoms with Gasteiger partial charge in [-0.3, -0.25) is 4.98 Å². The summed E-state index contributed by atoms with van der Waals surface area (Å²) in [5.41, 5.74) is 3.75. The fourth-order valence-corrected chi connectivity index (χ4v) is 2.75. The molecule has 0 atom stereocenters. The molecule has 4 rings (SSSR count). The lowest BCUT2D eigenvalue weighted by molar-refractivity contribution is 0.561. The van der Waals surface area contributed by atoms with Gasteiger partial charge in [0.25, 0.3) is 0 Å². The fourth-order valence-electron chi connectivity index (χ4n) is 2.75. The van der Waals surface area contributed by atoms with Crippen molar-refractivity contribution in [3.05, 3.63) is 71.7 Å². The van der Waals surface area contributed by atoms with Gasteiger partial charge in [0, 0.05) is 32.5 Å². The van der Waals surface area contributed by atoms with Crippen molar-refractivity contribution in [3.8, 4) is 22.4 Å². The molecule has 24 heavy (non-hydrogen) atoms. The number of aryl methyl sites for hydroxylation is 3. The number of pyridine rings is 1. The molecule has 0 aliphatic carbocycles. The molecule has 0 spiro atoms. The number of para-hydroxylation sites is 1. The van der Waals surface area contributed by atoms with E-state index < -0.39 is 13.7 Å². The normalized spacial score (nSPS) is 15.9. The van der Waals surface area contributed by atoms with Crippen molar-refractivity contribution in [2.24, 2.45) is 0 Å². The summed E-state index contributed by atoms with van der Waals surface area (Å²) in [7, 11) is 0. The number of oxazole rings is 1. The summed E-state index contributed by atoms with van der Waals surface area (Å²) in [6.07, 6.45) is 1.14. The second-order valence-corrected chi connectivity index (χ2v) is 5.58. The number of aromatic nitrogens is 2. The van der Waals surface area contributed by atoms with Crippen LogP contribution in [0.2, 0.25) is 0 Å². The van der Waals surface area contributed by atoms with Crippen molar-refractivity contribution in [2.75, 3.05) is 0 Å². The van der Waals surface area contributed by atoms with Crippen LogP contribution in [-0.4, -0.2) is 9.97 Å². The maximum absolute atomic E-state index is 7.76. The van der Waals surface area contributed by atoms with Gasteiger partial charge in [-0.25, -0.2) is 4.98 Å². The molecule has 118 valence electrons. The third kappa shape index (κ3) is 2.48. The van der Waals surface area contributed by atoms with Crippen molar-refractivity contribution in [3.63, 3.8) is 0 Å². The van der Waals surface area contributed by atoms with E-state index in [0.29, 0.717) is 22.7 Å². The Kier molecular flexibility index (Phi) is 2.19. The minimum atomic E-state index is -2.57. The van der Waals surface area contributed by atoms with E-state index >= 15 is 0 Å². The van der Waals surface area contributed by atoms with Gasteiger partial charge in [-0.2, -0.15) is 0 Å². The van der Waals surface area contributed by atoms with Crippen molar-refractivity contribution in [2.45, 2.75) is 20.6 Å². The molecule has 0 saturated heterocycles. The van der Waals surface area contributed by atoms with Gasteiger partial charge >= 0.3 is 0 Å². The van der Waals surface area contributed by atoms with Crippen LogP contribution in [0, 0.1) is 20.6 Å². The topological polar surface area (TPSA) is 38.9 Å². The summed E-state index contributed by atoms with van der Waals surface area (Å²) in [6, 6.07) is 14.4. The predicted molar refractivity (Wildman–Crippen MR) is 96.9 cm³/mol. The van der Waals surface area contributed by atoms with E-state index in [2.05, 4.69) is 9.97 Å². The van der Waals surface area contributed by atoms with Gasteiger partial charge in [-0.1, -0.05) is 30.3 Å². The number of rotatable bonds is 2. The number of hydrogen-bond acceptors (Lipinski definition) is 3. The van der Waals surface area contributed by atoms with E-state index in [9.17, 15) is 0 Å². The summed E-state index contributed by atoms with van der Waals surface area (Å²) < 4.78 is 51.7. The number of benzene rings is 2. The van der Waals surface area contributed by atoms with Crippen LogP contribution in [0.3, 0.4) is 0 Å². The first-order chi connectivity index (χ1) is 14.0. The zero-order valence-electron chi connectivity index (χ0n) is 19.0. The molecule has 0 aliphatic rings. The molecule has 0 radical (unpaired) electrons. The van der Waals surface area contributed by atoms with E-state index in [1.807, 2.05) is 36.4 Å². The highest BCUT2D eigenvalue weighted by Crippen LogP contribution is 2.31. The Balaban J connectivity index is 1.85. The van der Waals surface area contributed by atoms with Gasteiger partial charge in [-0.05, 0) is 48.6 Å². The molecular weight excluding hydrogens is 296 g/mol. The third-order valence-electron chi connectivity index (χ3n) is 3.90. The maximum Gasteiger partial charge on any atom is 0.192 e. The Morgan fingerprint density at radius 1 is 0.958 bits per heavy atom. The van der Waals surface area contributed by atoms with Crippen LogP contribution >= 0.6 is 0 Å². The van der Waals surface area contributed by atoms with Gasteiger partial charge in [0.15, 0.2) is 11.5 Å². The van der Waals surface area contributed by atoms with Gasteiger partial charge < -0.3 is 4.42 Å². The molecule has 0 fully saturated rings. The molecule has 2 aromatic carbocycles. The lowest BCUT2D eigenvalue weighted by Gasteiger charge is -2.07. The summed E-state index contributed by atoms with van der Waals surface area (Å²) >= 11 is 0. The fraction of sp³-hybridized carbons (Fsp3) is 0.143. The van der Waals surface area contributed by atoms with Crippen molar-refractivity contribution >= 4 is 11.1 Å². The Morgan fingerprint density at radius 2 is 1.79 bits per heavy atom. The first-order valence-electron chi connectivity index (χ1n) is 10.5. The molecule has 0 bridgehead atoms. The van der Waals surface area contributed by atoms with Crippen LogP contribution in [0.25, 0.3) is 33.5 Å². The van der Waals surface area contributed by atoms with Crippen molar-refractivity contribution < 1.29 is 12.6 Å². The molecule has 2 heterocycles. The molecule has 4 aromatic rings. The molecule has 2 aromatic heterocycles. The van der Waals surface area contributed by atoms with E-state index in [0.717, 1.165) is 22.8 Å². The Morgan fingerprint density at radius 3 is 2.67 bits per heavy atom. The molecule has 0 saturated carbocycles. The second kappa shape index (κ2) is 5.60. The van der Waals surface area contributed by atoms with Crippen molar-refractivity contribution in [1.82, 2.24) is 9.97 Å². The lowest BCUT2D eigenvalue weighted by Crippen LogP contribution is -1.89. The molecule has 0 N–H and O–H groups in total. The van der Waals surface area contributed by atoms with Crippen LogP contribution in [0.1, 0.15) is 25.2 Å². The van der Waals surface area contributed by atoms with Crippen LogP contribution in [0.15, 0.2) is 59.1 Å². The zero-order chi connectivity index (χ0) is 21.7. The van der Waals surface area contributed by atoms with E-state index in [1.54, 1.807) is 13.0 Å². The molecule has 0 aliphatic heterocycles. The van der Waals surface area contributed by atoms with Crippen LogP contribution in [0.5, 0.6) is 0 Å². The largest absolute Gasteiger partial charge is 0.441 e. The highest BCUT2D eigenvalue weighted by atomic mass is 16.3. The zero-order valence-corrected chi connectivity index (χ0v) is 13.0. The van der Waals surface area contributed by atoms with Gasteiger partial charge in [0.05, 0.1) is 5.69 Å². The molecule has 0 amide bonds. The van der Waals surface area contributed by atoms with Gasteiger partial charge in [0.1, 0.15) is 5.52 Å². The second-order valence-electron chi connectivity index (χ2n) is 5.58. The molecule has 3 nitrogen and oxygen atoms in total. The minimum absolute atomic E-state index is 0.216. The Bertz CT molecular complexity index is 1240. The van der Waals surface area contributed by atoms with Crippen LogP contribution in [-0.2, 0) is 0 Å². The van der Waals surface area contributed by atoms with E-state index in [4.69, 9.17) is 12.6 Å². The average molecular weight is 320 g/mol. The smallest absolute Gasteiger partial charge is 0.192 e. The monoisotopic (exact) mass is 320 g/mol. The molecular formula is C21H18N2O. The summed E-state index contributed by atoms with van der Waals surface area (Å²) in [4.78, 5) is 8.70. The summed E-state index contributed by atoms with van der Waals surface area (Å²) in [6.45, 7) is -3.34. The highest BCUT2D eigenvalue weighted by molar-refractivity contribution is 5.91. The Hall–Kier alpha value is -2.94. The lowest BCUT2D eigenvalue weighted by atomic mass is 9.99.